The number of anilines is 9. The van der Waals surface area contributed by atoms with E-state index in [0.29, 0.717) is 17.0 Å². The van der Waals surface area contributed by atoms with E-state index in [1.165, 1.54) is 32.3 Å². The molecule has 24 rings (SSSR count). The van der Waals surface area contributed by atoms with Crippen LogP contribution >= 0.6 is 0 Å². The van der Waals surface area contributed by atoms with Crippen molar-refractivity contribution in [3.05, 3.63) is 449 Å². The third-order valence-electron chi connectivity index (χ3n) is 24.8. The number of fused-ring (bicyclic) bond motifs is 12. The molecule has 9 heteroatoms. The molecule has 6 aromatic heterocycles. The summed E-state index contributed by atoms with van der Waals surface area (Å²) in [5.41, 5.74) is 30.3. The molecule has 24 aromatic rings. The number of hydrogen-bond acceptors (Lipinski definition) is 9. The second-order valence-electron chi connectivity index (χ2n) is 32.2. The molecule has 0 unspecified atom stereocenters. The van der Waals surface area contributed by atoms with E-state index in [1.54, 1.807) is 0 Å². The standard InChI is InChI=1S/C117H74N6O3/c1-2-16-75(17-3-1)79-40-52-95(53-41-79)121(96-56-44-82(45-57-96)90-37-34-76-18-4-7-21-85(76)68-90)106-31-14-30-103-112-105(73-118-74-110(112)126-114(103)106)94-27-13-25-89(72-94)81-48-60-99(61-49-81)123(100-62-50-84(51-63-100)92-39-36-78-20-6-9-23-87(78)70-92)117-115-104(64-66-120-117)111-101(29-15-33-109(111)125-115)93-26-12-24-88(71-93)80-42-54-97(55-43-80)122(107-65-67-119-113-102-28-10-11-32-108(102)124-116(107)113)98-58-46-83(47-59-98)91-38-35-77-19-5-8-22-86(77)69-91/h1-74H. The summed E-state index contributed by atoms with van der Waals surface area (Å²) in [5.74, 6) is 0.662. The molecule has 0 N–H and O–H groups in total. The Morgan fingerprint density at radius 1 is 0.198 bits per heavy atom. The minimum absolute atomic E-state index is 0.662. The van der Waals surface area contributed by atoms with Gasteiger partial charge in [-0.2, -0.15) is 0 Å². The van der Waals surface area contributed by atoms with Crippen molar-refractivity contribution >= 4 is 150 Å². The summed E-state index contributed by atoms with van der Waals surface area (Å²) >= 11 is 0. The Bertz CT molecular complexity index is 8330. The normalized spacial score (nSPS) is 11.7. The van der Waals surface area contributed by atoms with Crippen LogP contribution in [0.5, 0.6) is 0 Å². The molecule has 0 radical (unpaired) electrons. The first kappa shape index (κ1) is 73.0. The summed E-state index contributed by atoms with van der Waals surface area (Å²) in [7, 11) is 0. The van der Waals surface area contributed by atoms with Gasteiger partial charge in [0.15, 0.2) is 28.1 Å². The lowest BCUT2D eigenvalue weighted by Crippen LogP contribution is -2.11. The van der Waals surface area contributed by atoms with Crippen LogP contribution in [0.25, 0.3) is 187 Å². The molecule has 18 aromatic carbocycles. The van der Waals surface area contributed by atoms with Gasteiger partial charge >= 0.3 is 0 Å². The van der Waals surface area contributed by atoms with Crippen LogP contribution in [0.3, 0.4) is 0 Å². The summed E-state index contributed by atoms with van der Waals surface area (Å²) in [5, 5.41) is 12.2. The molecule has 0 bridgehead atoms. The van der Waals surface area contributed by atoms with Crippen molar-refractivity contribution in [2.45, 2.75) is 0 Å². The molecule has 0 aliphatic carbocycles. The van der Waals surface area contributed by atoms with Gasteiger partial charge in [-0.3, -0.25) is 14.9 Å². The number of hydrogen-bond donors (Lipinski definition) is 0. The van der Waals surface area contributed by atoms with Gasteiger partial charge in [-0.05, 0) is 255 Å². The quantitative estimate of drug-likeness (QED) is 0.0884. The summed E-state index contributed by atoms with van der Waals surface area (Å²) in [4.78, 5) is 21.8. The number of pyridine rings is 3. The predicted octanol–water partition coefficient (Wildman–Crippen LogP) is 32.8. The number of para-hydroxylation sites is 2. The van der Waals surface area contributed by atoms with Crippen LogP contribution in [0, 0.1) is 0 Å². The van der Waals surface area contributed by atoms with Gasteiger partial charge in [0.1, 0.15) is 16.7 Å². The van der Waals surface area contributed by atoms with E-state index >= 15 is 0 Å². The molecule has 0 amide bonds. The van der Waals surface area contributed by atoms with Gasteiger partial charge in [-0.1, -0.05) is 285 Å². The molecular formula is C117H74N6O3. The van der Waals surface area contributed by atoms with Crippen LogP contribution in [0.2, 0.25) is 0 Å². The van der Waals surface area contributed by atoms with E-state index in [2.05, 4.69) is 415 Å². The number of rotatable bonds is 17. The van der Waals surface area contributed by atoms with Crippen molar-refractivity contribution in [1.82, 2.24) is 15.0 Å². The zero-order valence-corrected chi connectivity index (χ0v) is 68.1. The van der Waals surface area contributed by atoms with Crippen LogP contribution in [0.15, 0.2) is 463 Å². The maximum absolute atomic E-state index is 7.19. The summed E-state index contributed by atoms with van der Waals surface area (Å²) in [6.07, 6.45) is 7.61. The molecule has 0 atom stereocenters. The van der Waals surface area contributed by atoms with E-state index in [4.69, 9.17) is 28.2 Å². The lowest BCUT2D eigenvalue weighted by Gasteiger charge is -2.26. The molecule has 0 aliphatic rings. The van der Waals surface area contributed by atoms with Crippen LogP contribution in [0.1, 0.15) is 0 Å². The second kappa shape index (κ2) is 30.6. The van der Waals surface area contributed by atoms with Crippen LogP contribution < -0.4 is 14.7 Å². The predicted molar refractivity (Wildman–Crippen MR) is 522 cm³/mol. The fraction of sp³-hybridized carbons (Fsp3) is 0. The monoisotopic (exact) mass is 1610 g/mol. The van der Waals surface area contributed by atoms with Crippen molar-refractivity contribution in [2.75, 3.05) is 14.7 Å². The van der Waals surface area contributed by atoms with Crippen molar-refractivity contribution in [2.24, 2.45) is 0 Å². The van der Waals surface area contributed by atoms with Gasteiger partial charge < -0.3 is 23.1 Å². The van der Waals surface area contributed by atoms with E-state index in [1.807, 2.05) is 49.1 Å². The third-order valence-corrected chi connectivity index (χ3v) is 24.8. The lowest BCUT2D eigenvalue weighted by molar-refractivity contribution is 0.667. The zero-order chi connectivity index (χ0) is 83.1. The third kappa shape index (κ3) is 13.0. The van der Waals surface area contributed by atoms with E-state index < -0.39 is 0 Å². The molecule has 590 valence electrons. The number of aromatic nitrogens is 3. The Morgan fingerprint density at radius 3 is 1.09 bits per heavy atom. The topological polar surface area (TPSA) is 87.8 Å². The first-order chi connectivity index (χ1) is 62.4. The molecule has 0 fully saturated rings. The average Bonchev–Trinajstić information content (AvgIpc) is 1.59. The number of furan rings is 3. The minimum Gasteiger partial charge on any atom is -0.452 e. The summed E-state index contributed by atoms with van der Waals surface area (Å²) < 4.78 is 21.0. The fourth-order valence-electron chi connectivity index (χ4n) is 18.6. The summed E-state index contributed by atoms with van der Waals surface area (Å²) in [6, 6.07) is 152. The molecule has 126 heavy (non-hydrogen) atoms. The average molecular weight is 1610 g/mol. The Labute approximate surface area is 726 Å². The van der Waals surface area contributed by atoms with Gasteiger partial charge in [0.2, 0.25) is 0 Å². The van der Waals surface area contributed by atoms with Crippen LogP contribution in [0.4, 0.5) is 51.3 Å². The highest BCUT2D eigenvalue weighted by Gasteiger charge is 2.27. The Morgan fingerprint density at radius 2 is 0.556 bits per heavy atom. The van der Waals surface area contributed by atoms with E-state index in [-0.39, 0.29) is 0 Å². The second-order valence-corrected chi connectivity index (χ2v) is 32.2. The van der Waals surface area contributed by atoms with Crippen molar-refractivity contribution in [1.29, 1.82) is 0 Å². The maximum atomic E-state index is 7.19. The molecule has 6 heterocycles. The van der Waals surface area contributed by atoms with E-state index in [9.17, 15) is 0 Å². The smallest absolute Gasteiger partial charge is 0.181 e. The number of nitrogens with zero attached hydrogens (tertiary/aromatic N) is 6. The first-order valence-corrected chi connectivity index (χ1v) is 42.5. The fourth-order valence-corrected chi connectivity index (χ4v) is 18.6. The van der Waals surface area contributed by atoms with Gasteiger partial charge in [-0.15, -0.1) is 0 Å². The SMILES string of the molecule is c1ccc(-c2ccc(N(c3ccc(-c4ccc5ccccc5c4)cc3)c3cccc4c3oc3cncc(-c5cccc(-c6ccc(N(c7ccc(-c8ccc9ccccc9c8)cc7)c7nccc8c7oc7cccc(-c9cccc(-c%10ccc(N(c%11ccc(-c%12ccc%13ccccc%13c%12)cc%11)c%11ccnc%12c%11oc%11ccccc%11%12)cc%10)c9)c78)cc6)c5)c34)cc2)cc1. The first-order valence-electron chi connectivity index (χ1n) is 42.5. The molecule has 0 aliphatic heterocycles. The molecule has 0 saturated carbocycles. The Balaban J connectivity index is 0.566. The minimum atomic E-state index is 0.662. The molecule has 0 saturated heterocycles. The highest BCUT2D eigenvalue weighted by atomic mass is 16.3. The highest BCUT2D eigenvalue weighted by molar-refractivity contribution is 6.18. The van der Waals surface area contributed by atoms with Crippen molar-refractivity contribution in [3.8, 4) is 89.0 Å². The Hall–Kier alpha value is -17.0. The Kier molecular flexibility index (Phi) is 17.7. The van der Waals surface area contributed by atoms with Gasteiger partial charge in [-0.25, -0.2) is 4.98 Å². The van der Waals surface area contributed by atoms with E-state index in [0.717, 1.165) is 189 Å². The molecule has 9 nitrogen and oxygen atoms in total. The van der Waals surface area contributed by atoms with Gasteiger partial charge in [0.05, 0.1) is 17.6 Å². The van der Waals surface area contributed by atoms with Crippen LogP contribution in [-0.2, 0) is 0 Å². The van der Waals surface area contributed by atoms with Crippen molar-refractivity contribution < 1.29 is 13.3 Å². The van der Waals surface area contributed by atoms with Crippen molar-refractivity contribution in [3.63, 3.8) is 0 Å². The number of benzene rings is 18. The van der Waals surface area contributed by atoms with Crippen LogP contribution in [-0.4, -0.2) is 15.0 Å². The lowest BCUT2D eigenvalue weighted by atomic mass is 9.96. The highest BCUT2D eigenvalue weighted by Crippen LogP contribution is 2.50. The largest absolute Gasteiger partial charge is 0.452 e. The van der Waals surface area contributed by atoms with Gasteiger partial charge in [0.25, 0.3) is 0 Å². The molecular weight excluding hydrogens is 1540 g/mol. The summed E-state index contributed by atoms with van der Waals surface area (Å²) in [6.45, 7) is 0. The zero-order valence-electron chi connectivity index (χ0n) is 68.1. The molecule has 0 spiro atoms. The van der Waals surface area contributed by atoms with Gasteiger partial charge in [0, 0.05) is 85.2 Å². The maximum Gasteiger partial charge on any atom is 0.181 e.